The number of carbonyl (C=O) groups is 1. The van der Waals surface area contributed by atoms with Gasteiger partial charge in [0.05, 0.1) is 11.5 Å². The van der Waals surface area contributed by atoms with E-state index in [1.807, 2.05) is 24.3 Å². The van der Waals surface area contributed by atoms with Crippen LogP contribution in [0.25, 0.3) is 0 Å². The molecule has 4 N–H and O–H groups in total. The molecule has 0 spiro atoms. The van der Waals surface area contributed by atoms with Gasteiger partial charge in [0.15, 0.2) is 0 Å². The third kappa shape index (κ3) is 3.27. The van der Waals surface area contributed by atoms with Crippen molar-refractivity contribution >= 4 is 29.0 Å². The van der Waals surface area contributed by atoms with Gasteiger partial charge in [0.25, 0.3) is 0 Å². The monoisotopic (exact) mass is 346 g/mol. The summed E-state index contributed by atoms with van der Waals surface area (Å²) in [5, 5.41) is 15.2. The molecule has 2 heterocycles. The van der Waals surface area contributed by atoms with E-state index in [0.717, 1.165) is 29.2 Å². The highest BCUT2D eigenvalue weighted by atomic mass is 32.2. The van der Waals surface area contributed by atoms with Crippen LogP contribution in [0.3, 0.4) is 0 Å². The Kier molecular flexibility index (Phi) is 4.70. The first-order valence-electron chi connectivity index (χ1n) is 8.97. The van der Waals surface area contributed by atoms with Crippen LogP contribution in [0, 0.1) is 11.8 Å². The van der Waals surface area contributed by atoms with Crippen LogP contribution >= 0.6 is 11.8 Å². The van der Waals surface area contributed by atoms with Crippen LogP contribution < -0.4 is 21.3 Å². The van der Waals surface area contributed by atoms with E-state index in [2.05, 4.69) is 33.0 Å². The number of benzene rings is 1. The van der Waals surface area contributed by atoms with E-state index < -0.39 is 0 Å². The fourth-order valence-corrected chi connectivity index (χ4v) is 6.35. The van der Waals surface area contributed by atoms with E-state index in [1.165, 1.54) is 32.6 Å². The summed E-state index contributed by atoms with van der Waals surface area (Å²) in [6, 6.07) is 8.00. The fourth-order valence-electron chi connectivity index (χ4n) is 4.43. The lowest BCUT2D eigenvalue weighted by molar-refractivity contribution is -0.114. The molecule has 5 unspecified atom stereocenters. The molecule has 1 aliphatic carbocycles. The lowest BCUT2D eigenvalue weighted by atomic mass is 9.78. The molecular formula is C18H26N4OS. The summed E-state index contributed by atoms with van der Waals surface area (Å²) in [6.45, 7) is 2.39. The number of carbonyl (C=O) groups excluding carboxylic acids is 1. The molecule has 3 fully saturated rings. The minimum atomic E-state index is -0.0371. The summed E-state index contributed by atoms with van der Waals surface area (Å²) in [6.07, 6.45) is 5.82. The van der Waals surface area contributed by atoms with Gasteiger partial charge < -0.3 is 10.6 Å². The molecule has 0 aromatic heterocycles. The molecule has 5 atom stereocenters. The van der Waals surface area contributed by atoms with Gasteiger partial charge in [-0.15, -0.1) is 11.8 Å². The van der Waals surface area contributed by atoms with E-state index >= 15 is 0 Å². The summed E-state index contributed by atoms with van der Waals surface area (Å²) in [7, 11) is 0. The predicted molar refractivity (Wildman–Crippen MR) is 99.9 cm³/mol. The number of hydrogen-bond acceptors (Lipinski definition) is 5. The molecule has 2 aliphatic heterocycles. The number of nitrogens with one attached hydrogen (secondary N) is 4. The Morgan fingerprint density at radius 3 is 2.67 bits per heavy atom. The lowest BCUT2D eigenvalue weighted by Crippen LogP contribution is -2.59. The summed E-state index contributed by atoms with van der Waals surface area (Å²) >= 11 is 2.16. The Labute approximate surface area is 147 Å². The summed E-state index contributed by atoms with van der Waals surface area (Å²) in [5.41, 5.74) is 1.94. The maximum absolute atomic E-state index is 11.1. The summed E-state index contributed by atoms with van der Waals surface area (Å²) < 4.78 is 0. The largest absolute Gasteiger partial charge is 0.369 e. The minimum absolute atomic E-state index is 0.0371. The number of amides is 1. The van der Waals surface area contributed by atoms with Crippen molar-refractivity contribution in [3.8, 4) is 0 Å². The molecule has 24 heavy (non-hydrogen) atoms. The smallest absolute Gasteiger partial charge is 0.221 e. The van der Waals surface area contributed by atoms with Crippen LogP contribution in [0.4, 0.5) is 11.4 Å². The van der Waals surface area contributed by atoms with Crippen molar-refractivity contribution in [1.82, 2.24) is 10.6 Å². The number of rotatable bonds is 3. The first kappa shape index (κ1) is 16.2. The topological polar surface area (TPSA) is 65.2 Å². The molecule has 1 saturated carbocycles. The van der Waals surface area contributed by atoms with Gasteiger partial charge in [-0.05, 0) is 43.0 Å². The third-order valence-corrected chi connectivity index (χ3v) is 7.17. The Morgan fingerprint density at radius 2 is 1.88 bits per heavy atom. The summed E-state index contributed by atoms with van der Waals surface area (Å²) in [5.74, 6) is 1.40. The minimum Gasteiger partial charge on any atom is -0.369 e. The molecular weight excluding hydrogens is 320 g/mol. The second-order valence-electron chi connectivity index (χ2n) is 7.09. The van der Waals surface area contributed by atoms with Crippen LogP contribution in [0.15, 0.2) is 24.3 Å². The van der Waals surface area contributed by atoms with Crippen LogP contribution in [0.1, 0.15) is 32.6 Å². The Hall–Kier alpha value is -1.24. The first-order valence-corrected chi connectivity index (χ1v) is 9.91. The quantitative estimate of drug-likeness (QED) is 0.678. The predicted octanol–water partition coefficient (Wildman–Crippen LogP) is 2.78. The number of fused-ring (bicyclic) bond motifs is 3. The van der Waals surface area contributed by atoms with E-state index in [0.29, 0.717) is 17.5 Å². The number of thioether (sulfide) groups is 1. The zero-order chi connectivity index (χ0) is 16.5. The van der Waals surface area contributed by atoms with Crippen molar-refractivity contribution in [2.75, 3.05) is 17.3 Å². The van der Waals surface area contributed by atoms with Crippen LogP contribution in [-0.4, -0.2) is 29.4 Å². The van der Waals surface area contributed by atoms with Gasteiger partial charge in [0, 0.05) is 36.1 Å². The van der Waals surface area contributed by atoms with Gasteiger partial charge in [-0.3, -0.25) is 15.4 Å². The highest BCUT2D eigenvalue weighted by Crippen LogP contribution is 2.50. The Bertz CT molecular complexity index is 593. The lowest BCUT2D eigenvalue weighted by Gasteiger charge is -2.39. The van der Waals surface area contributed by atoms with Gasteiger partial charge in [0.2, 0.25) is 5.91 Å². The molecule has 1 aromatic rings. The van der Waals surface area contributed by atoms with Gasteiger partial charge in [0.1, 0.15) is 0 Å². The molecule has 6 heteroatoms. The Morgan fingerprint density at radius 1 is 1.12 bits per heavy atom. The molecule has 4 rings (SSSR count). The standard InChI is InChI=1S/C18H26N4OS/c1-11(23)21-12-6-8-13(9-7-12)22-17-16-14-4-2-3-5-15(14)24-18(16)20-10-19-17/h6-9,14-20,22H,2-5,10H2,1H3,(H,21,23). The van der Waals surface area contributed by atoms with Gasteiger partial charge in [-0.2, -0.15) is 0 Å². The van der Waals surface area contributed by atoms with Crippen molar-refractivity contribution in [2.24, 2.45) is 11.8 Å². The van der Waals surface area contributed by atoms with E-state index in [9.17, 15) is 4.79 Å². The fraction of sp³-hybridized carbons (Fsp3) is 0.611. The molecule has 130 valence electrons. The van der Waals surface area contributed by atoms with Crippen molar-refractivity contribution in [2.45, 2.75) is 49.4 Å². The zero-order valence-electron chi connectivity index (χ0n) is 14.0. The molecule has 2 saturated heterocycles. The highest BCUT2D eigenvalue weighted by molar-refractivity contribution is 8.00. The van der Waals surface area contributed by atoms with Crippen molar-refractivity contribution in [1.29, 1.82) is 0 Å². The second-order valence-corrected chi connectivity index (χ2v) is 8.47. The second kappa shape index (κ2) is 6.94. The molecule has 1 amide bonds. The van der Waals surface area contributed by atoms with E-state index in [1.54, 1.807) is 0 Å². The number of anilines is 2. The molecule has 3 aliphatic rings. The van der Waals surface area contributed by atoms with Crippen LogP contribution in [0.5, 0.6) is 0 Å². The molecule has 5 nitrogen and oxygen atoms in total. The summed E-state index contributed by atoms with van der Waals surface area (Å²) in [4.78, 5) is 11.1. The van der Waals surface area contributed by atoms with Gasteiger partial charge in [-0.1, -0.05) is 12.8 Å². The molecule has 0 radical (unpaired) electrons. The van der Waals surface area contributed by atoms with Gasteiger partial charge in [-0.25, -0.2) is 0 Å². The zero-order valence-corrected chi connectivity index (χ0v) is 14.9. The van der Waals surface area contributed by atoms with Crippen LogP contribution in [0.2, 0.25) is 0 Å². The SMILES string of the molecule is CC(=O)Nc1ccc(NC2NCNC3SC4CCCCC4C23)cc1. The van der Waals surface area contributed by atoms with Gasteiger partial charge >= 0.3 is 0 Å². The van der Waals surface area contributed by atoms with Crippen LogP contribution in [-0.2, 0) is 4.79 Å². The molecule has 0 bridgehead atoms. The first-order chi connectivity index (χ1) is 11.7. The average Bonchev–Trinajstić information content (AvgIpc) is 2.96. The highest BCUT2D eigenvalue weighted by Gasteiger charge is 2.49. The van der Waals surface area contributed by atoms with E-state index in [-0.39, 0.29) is 5.91 Å². The third-order valence-electron chi connectivity index (χ3n) is 5.46. The maximum Gasteiger partial charge on any atom is 0.221 e. The maximum atomic E-state index is 11.1. The normalized spacial score (nSPS) is 35.0. The average molecular weight is 347 g/mol. The Balaban J connectivity index is 1.46. The van der Waals surface area contributed by atoms with E-state index in [4.69, 9.17) is 0 Å². The number of hydrogen-bond donors (Lipinski definition) is 4. The molecule has 1 aromatic carbocycles. The van der Waals surface area contributed by atoms with Crippen molar-refractivity contribution < 1.29 is 4.79 Å². The van der Waals surface area contributed by atoms with Crippen molar-refractivity contribution in [3.63, 3.8) is 0 Å². The van der Waals surface area contributed by atoms with Crippen molar-refractivity contribution in [3.05, 3.63) is 24.3 Å².